The van der Waals surface area contributed by atoms with E-state index in [9.17, 15) is 13.6 Å². The van der Waals surface area contributed by atoms with E-state index in [-0.39, 0.29) is 23.1 Å². The maximum atomic E-state index is 13.5. The Balaban J connectivity index is 1.96. The number of ether oxygens (including phenoxy) is 1. The highest BCUT2D eigenvalue weighted by atomic mass is 79.9. The van der Waals surface area contributed by atoms with Gasteiger partial charge in [0.1, 0.15) is 17.4 Å². The van der Waals surface area contributed by atoms with Crippen LogP contribution >= 0.6 is 27.5 Å². The van der Waals surface area contributed by atoms with Crippen LogP contribution in [0.25, 0.3) is 0 Å². The first kappa shape index (κ1) is 15.7. The number of hydrogen-bond acceptors (Lipinski definition) is 2. The van der Waals surface area contributed by atoms with Crippen molar-refractivity contribution in [3.8, 4) is 5.75 Å². The SMILES string of the molecule is O=C(COc1ccc(F)cc1Cl)Nc1ccc(Br)cc1F. The number of carbonyl (C=O) groups excluding carboxylic acids is 1. The Labute approximate surface area is 133 Å². The molecular weight excluding hydrogens is 368 g/mol. The van der Waals surface area contributed by atoms with E-state index in [1.807, 2.05) is 0 Å². The third-order valence-electron chi connectivity index (χ3n) is 2.46. The number of anilines is 1. The van der Waals surface area contributed by atoms with Crippen molar-refractivity contribution in [1.82, 2.24) is 0 Å². The number of amides is 1. The topological polar surface area (TPSA) is 38.3 Å². The molecule has 0 atom stereocenters. The van der Waals surface area contributed by atoms with Crippen molar-refractivity contribution in [2.75, 3.05) is 11.9 Å². The molecular formula is C14H9BrClF2NO2. The van der Waals surface area contributed by atoms with E-state index in [0.29, 0.717) is 4.47 Å². The molecule has 0 saturated carbocycles. The number of rotatable bonds is 4. The van der Waals surface area contributed by atoms with Gasteiger partial charge in [0.2, 0.25) is 0 Å². The Bertz CT molecular complexity index is 682. The Kier molecular flexibility index (Phi) is 5.14. The average Bonchev–Trinajstić information content (AvgIpc) is 2.41. The Morgan fingerprint density at radius 3 is 2.67 bits per heavy atom. The molecule has 7 heteroatoms. The van der Waals surface area contributed by atoms with Gasteiger partial charge in [-0.15, -0.1) is 0 Å². The van der Waals surface area contributed by atoms with E-state index in [4.69, 9.17) is 16.3 Å². The van der Waals surface area contributed by atoms with Gasteiger partial charge in [-0.1, -0.05) is 27.5 Å². The van der Waals surface area contributed by atoms with Crippen LogP contribution in [0.1, 0.15) is 0 Å². The summed E-state index contributed by atoms with van der Waals surface area (Å²) in [5.74, 6) is -1.47. The molecule has 2 aromatic rings. The summed E-state index contributed by atoms with van der Waals surface area (Å²) in [4.78, 5) is 11.7. The molecule has 21 heavy (non-hydrogen) atoms. The molecule has 1 amide bonds. The minimum atomic E-state index is -0.572. The van der Waals surface area contributed by atoms with Gasteiger partial charge >= 0.3 is 0 Å². The zero-order valence-electron chi connectivity index (χ0n) is 10.5. The zero-order chi connectivity index (χ0) is 15.4. The van der Waals surface area contributed by atoms with Crippen molar-refractivity contribution < 1.29 is 18.3 Å². The quantitative estimate of drug-likeness (QED) is 0.859. The van der Waals surface area contributed by atoms with Crippen molar-refractivity contribution >= 4 is 39.1 Å². The van der Waals surface area contributed by atoms with Gasteiger partial charge in [0, 0.05) is 4.47 Å². The van der Waals surface area contributed by atoms with Crippen LogP contribution in [0.5, 0.6) is 5.75 Å². The minimum Gasteiger partial charge on any atom is -0.482 e. The monoisotopic (exact) mass is 375 g/mol. The lowest BCUT2D eigenvalue weighted by Crippen LogP contribution is -2.20. The van der Waals surface area contributed by atoms with Gasteiger partial charge in [0.15, 0.2) is 6.61 Å². The number of benzene rings is 2. The van der Waals surface area contributed by atoms with Gasteiger partial charge < -0.3 is 10.1 Å². The fourth-order valence-electron chi connectivity index (χ4n) is 1.51. The summed E-state index contributed by atoms with van der Waals surface area (Å²) in [5, 5.41) is 2.41. The molecule has 0 bridgehead atoms. The second-order valence-corrected chi connectivity index (χ2v) is 5.36. The number of hydrogen-bond donors (Lipinski definition) is 1. The van der Waals surface area contributed by atoms with Crippen LogP contribution < -0.4 is 10.1 Å². The van der Waals surface area contributed by atoms with Gasteiger partial charge in [-0.2, -0.15) is 0 Å². The average molecular weight is 377 g/mol. The highest BCUT2D eigenvalue weighted by Crippen LogP contribution is 2.25. The van der Waals surface area contributed by atoms with Crippen LogP contribution in [-0.2, 0) is 4.79 Å². The molecule has 0 radical (unpaired) electrons. The van der Waals surface area contributed by atoms with Crippen molar-refractivity contribution in [2.45, 2.75) is 0 Å². The van der Waals surface area contributed by atoms with Crippen LogP contribution in [0.3, 0.4) is 0 Å². The molecule has 0 unspecified atom stereocenters. The van der Waals surface area contributed by atoms with E-state index in [1.54, 1.807) is 6.07 Å². The largest absolute Gasteiger partial charge is 0.482 e. The maximum absolute atomic E-state index is 13.5. The molecule has 0 aliphatic carbocycles. The summed E-state index contributed by atoms with van der Waals surface area (Å²) < 4.78 is 32.1. The zero-order valence-corrected chi connectivity index (χ0v) is 12.8. The van der Waals surface area contributed by atoms with Crippen LogP contribution in [0.2, 0.25) is 5.02 Å². The van der Waals surface area contributed by atoms with Crippen LogP contribution in [0.4, 0.5) is 14.5 Å². The van der Waals surface area contributed by atoms with Crippen molar-refractivity contribution in [3.05, 3.63) is 57.5 Å². The standard InChI is InChI=1S/C14H9BrClF2NO2/c15-8-1-3-12(11(18)5-8)19-14(20)7-21-13-4-2-9(17)6-10(13)16/h1-6H,7H2,(H,19,20). The summed E-state index contributed by atoms with van der Waals surface area (Å²) in [6.07, 6.45) is 0. The fraction of sp³-hybridized carbons (Fsp3) is 0.0714. The van der Waals surface area contributed by atoms with Crippen molar-refractivity contribution in [1.29, 1.82) is 0 Å². The molecule has 2 aromatic carbocycles. The normalized spacial score (nSPS) is 10.3. The van der Waals surface area contributed by atoms with Crippen molar-refractivity contribution in [3.63, 3.8) is 0 Å². The predicted octanol–water partition coefficient (Wildman–Crippen LogP) is 4.40. The van der Waals surface area contributed by atoms with E-state index in [0.717, 1.165) is 12.1 Å². The molecule has 0 aromatic heterocycles. The van der Waals surface area contributed by atoms with E-state index in [1.165, 1.54) is 18.2 Å². The Hall–Kier alpha value is -1.66. The first-order valence-corrected chi connectivity index (χ1v) is 6.95. The van der Waals surface area contributed by atoms with Crippen LogP contribution in [0, 0.1) is 11.6 Å². The highest BCUT2D eigenvalue weighted by Gasteiger charge is 2.10. The minimum absolute atomic E-state index is 0.0389. The lowest BCUT2D eigenvalue weighted by molar-refractivity contribution is -0.118. The number of carbonyl (C=O) groups is 1. The van der Waals surface area contributed by atoms with Crippen LogP contribution in [-0.4, -0.2) is 12.5 Å². The Morgan fingerprint density at radius 1 is 1.24 bits per heavy atom. The van der Waals surface area contributed by atoms with Gasteiger partial charge in [0.05, 0.1) is 10.7 Å². The molecule has 0 fully saturated rings. The van der Waals surface area contributed by atoms with Gasteiger partial charge in [-0.3, -0.25) is 4.79 Å². The van der Waals surface area contributed by atoms with E-state index < -0.39 is 17.5 Å². The van der Waals surface area contributed by atoms with E-state index in [2.05, 4.69) is 21.2 Å². The second kappa shape index (κ2) is 6.87. The summed E-state index contributed by atoms with van der Waals surface area (Å²) in [6.45, 7) is -0.374. The maximum Gasteiger partial charge on any atom is 0.262 e. The smallest absolute Gasteiger partial charge is 0.262 e. The molecule has 0 aliphatic heterocycles. The molecule has 1 N–H and O–H groups in total. The molecule has 110 valence electrons. The summed E-state index contributed by atoms with van der Waals surface area (Å²) in [7, 11) is 0. The summed E-state index contributed by atoms with van der Waals surface area (Å²) in [5.41, 5.74) is 0.0389. The Morgan fingerprint density at radius 2 is 2.00 bits per heavy atom. The van der Waals surface area contributed by atoms with Crippen LogP contribution in [0.15, 0.2) is 40.9 Å². The second-order valence-electron chi connectivity index (χ2n) is 4.04. The lowest BCUT2D eigenvalue weighted by atomic mass is 10.3. The first-order chi connectivity index (χ1) is 9.95. The molecule has 3 nitrogen and oxygen atoms in total. The highest BCUT2D eigenvalue weighted by molar-refractivity contribution is 9.10. The van der Waals surface area contributed by atoms with Gasteiger partial charge in [-0.05, 0) is 36.4 Å². The first-order valence-electron chi connectivity index (χ1n) is 5.78. The van der Waals surface area contributed by atoms with Gasteiger partial charge in [-0.25, -0.2) is 8.78 Å². The number of halogens is 4. The predicted molar refractivity (Wildman–Crippen MR) is 79.6 cm³/mol. The summed E-state index contributed by atoms with van der Waals surface area (Å²) in [6, 6.07) is 7.79. The lowest BCUT2D eigenvalue weighted by Gasteiger charge is -2.09. The molecule has 2 rings (SSSR count). The third kappa shape index (κ3) is 4.41. The number of nitrogens with one attached hydrogen (secondary N) is 1. The molecule has 0 heterocycles. The fourth-order valence-corrected chi connectivity index (χ4v) is 2.07. The molecule has 0 spiro atoms. The van der Waals surface area contributed by atoms with Gasteiger partial charge in [0.25, 0.3) is 5.91 Å². The molecule has 0 aliphatic rings. The van der Waals surface area contributed by atoms with Crippen molar-refractivity contribution in [2.24, 2.45) is 0 Å². The van der Waals surface area contributed by atoms with E-state index >= 15 is 0 Å². The summed E-state index contributed by atoms with van der Waals surface area (Å²) >= 11 is 8.87. The third-order valence-corrected chi connectivity index (χ3v) is 3.25. The molecule has 0 saturated heterocycles.